The Labute approximate surface area is 97.9 Å². The van der Waals surface area contributed by atoms with Gasteiger partial charge in [-0.15, -0.1) is 0 Å². The number of carbonyl (C=O) groups is 1. The van der Waals surface area contributed by atoms with Crippen LogP contribution in [-0.2, 0) is 6.61 Å². The van der Waals surface area contributed by atoms with Gasteiger partial charge in [-0.1, -0.05) is 11.2 Å². The van der Waals surface area contributed by atoms with Crippen molar-refractivity contribution in [2.24, 2.45) is 0 Å². The van der Waals surface area contributed by atoms with Crippen molar-refractivity contribution in [1.82, 2.24) is 5.16 Å². The maximum atomic E-state index is 10.9. The SMILES string of the molecule is COc1cccc(C=O)c1OCc1ccno1. The summed E-state index contributed by atoms with van der Waals surface area (Å²) in [5, 5.41) is 3.56. The number of methoxy groups -OCH3 is 1. The summed E-state index contributed by atoms with van der Waals surface area (Å²) in [4.78, 5) is 10.9. The molecule has 1 aromatic carbocycles. The molecule has 0 saturated carbocycles. The molecule has 0 aliphatic rings. The second-order valence-corrected chi connectivity index (χ2v) is 3.26. The molecule has 5 heteroatoms. The van der Waals surface area contributed by atoms with E-state index in [4.69, 9.17) is 14.0 Å². The number of aromatic nitrogens is 1. The molecule has 0 saturated heterocycles. The standard InChI is InChI=1S/C12H11NO4/c1-15-11-4-2-3-9(7-14)12(11)16-8-10-5-6-13-17-10/h2-7H,8H2,1H3. The fraction of sp³-hybridized carbons (Fsp3) is 0.167. The van der Waals surface area contributed by atoms with E-state index in [1.54, 1.807) is 24.3 Å². The maximum Gasteiger partial charge on any atom is 0.174 e. The summed E-state index contributed by atoms with van der Waals surface area (Å²) < 4.78 is 15.5. The van der Waals surface area contributed by atoms with Crippen LogP contribution in [0.2, 0.25) is 0 Å². The van der Waals surface area contributed by atoms with Gasteiger partial charge < -0.3 is 14.0 Å². The summed E-state index contributed by atoms with van der Waals surface area (Å²) in [5.41, 5.74) is 0.434. The van der Waals surface area contributed by atoms with Crippen LogP contribution in [0.1, 0.15) is 16.1 Å². The fourth-order valence-corrected chi connectivity index (χ4v) is 1.40. The molecular weight excluding hydrogens is 222 g/mol. The normalized spacial score (nSPS) is 9.94. The Kier molecular flexibility index (Phi) is 3.40. The Morgan fingerprint density at radius 2 is 2.29 bits per heavy atom. The first-order valence-corrected chi connectivity index (χ1v) is 4.99. The molecule has 0 N–H and O–H groups in total. The zero-order valence-electron chi connectivity index (χ0n) is 9.25. The number of ether oxygens (including phenoxy) is 2. The Bertz CT molecular complexity index is 493. The molecule has 0 bridgehead atoms. The summed E-state index contributed by atoms with van der Waals surface area (Å²) in [6.07, 6.45) is 2.25. The third kappa shape index (κ3) is 2.44. The lowest BCUT2D eigenvalue weighted by Gasteiger charge is -2.10. The van der Waals surface area contributed by atoms with E-state index in [1.165, 1.54) is 13.3 Å². The topological polar surface area (TPSA) is 61.6 Å². The molecule has 0 aliphatic heterocycles. The highest BCUT2D eigenvalue weighted by molar-refractivity contribution is 5.81. The second kappa shape index (κ2) is 5.16. The van der Waals surface area contributed by atoms with E-state index < -0.39 is 0 Å². The van der Waals surface area contributed by atoms with Crippen LogP contribution in [0.4, 0.5) is 0 Å². The van der Waals surface area contributed by atoms with Gasteiger partial charge >= 0.3 is 0 Å². The van der Waals surface area contributed by atoms with E-state index in [2.05, 4.69) is 5.16 Å². The first kappa shape index (κ1) is 11.2. The molecule has 0 fully saturated rings. The minimum Gasteiger partial charge on any atom is -0.493 e. The van der Waals surface area contributed by atoms with Gasteiger partial charge in [0.1, 0.15) is 6.61 Å². The van der Waals surface area contributed by atoms with Crippen molar-refractivity contribution >= 4 is 6.29 Å². The van der Waals surface area contributed by atoms with E-state index in [1.807, 2.05) is 0 Å². The van der Waals surface area contributed by atoms with Crippen molar-refractivity contribution in [3.8, 4) is 11.5 Å². The van der Waals surface area contributed by atoms with Gasteiger partial charge in [0.05, 0.1) is 18.9 Å². The lowest BCUT2D eigenvalue weighted by molar-refractivity contribution is 0.111. The number of nitrogens with zero attached hydrogens (tertiary/aromatic N) is 1. The van der Waals surface area contributed by atoms with Crippen molar-refractivity contribution in [3.63, 3.8) is 0 Å². The number of aldehydes is 1. The predicted molar refractivity (Wildman–Crippen MR) is 59.2 cm³/mol. The lowest BCUT2D eigenvalue weighted by Crippen LogP contribution is -1.99. The summed E-state index contributed by atoms with van der Waals surface area (Å²) in [6.45, 7) is 0.196. The largest absolute Gasteiger partial charge is 0.493 e. The molecule has 2 aromatic rings. The molecule has 17 heavy (non-hydrogen) atoms. The molecule has 0 aliphatic carbocycles. The summed E-state index contributed by atoms with van der Waals surface area (Å²) >= 11 is 0. The summed E-state index contributed by atoms with van der Waals surface area (Å²) in [6, 6.07) is 6.80. The monoisotopic (exact) mass is 233 g/mol. The van der Waals surface area contributed by atoms with E-state index in [-0.39, 0.29) is 6.61 Å². The highest BCUT2D eigenvalue weighted by atomic mass is 16.5. The number of carbonyl (C=O) groups excluding carboxylic acids is 1. The Balaban J connectivity index is 2.21. The smallest absolute Gasteiger partial charge is 0.174 e. The molecule has 2 rings (SSSR count). The maximum absolute atomic E-state index is 10.9. The predicted octanol–water partition coefficient (Wildman–Crippen LogP) is 2.07. The van der Waals surface area contributed by atoms with Crippen LogP contribution in [0, 0.1) is 0 Å². The van der Waals surface area contributed by atoms with Crippen molar-refractivity contribution in [1.29, 1.82) is 0 Å². The third-order valence-corrected chi connectivity index (χ3v) is 2.21. The molecule has 0 unspecified atom stereocenters. The molecule has 88 valence electrons. The van der Waals surface area contributed by atoms with Crippen LogP contribution >= 0.6 is 0 Å². The van der Waals surface area contributed by atoms with E-state index >= 15 is 0 Å². The van der Waals surface area contributed by atoms with E-state index in [0.717, 1.165) is 6.29 Å². The average Bonchev–Trinajstić information content (AvgIpc) is 2.88. The zero-order valence-corrected chi connectivity index (χ0v) is 9.25. The Hall–Kier alpha value is -2.30. The number of hydrogen-bond donors (Lipinski definition) is 0. The van der Waals surface area contributed by atoms with Gasteiger partial charge in [0.15, 0.2) is 23.5 Å². The highest BCUT2D eigenvalue weighted by Crippen LogP contribution is 2.30. The van der Waals surface area contributed by atoms with Crippen molar-refractivity contribution < 1.29 is 18.8 Å². The molecule has 1 aromatic heterocycles. The molecule has 0 atom stereocenters. The van der Waals surface area contributed by atoms with Crippen molar-refractivity contribution in [2.75, 3.05) is 7.11 Å². The minimum atomic E-state index is 0.196. The first-order valence-electron chi connectivity index (χ1n) is 4.99. The van der Waals surface area contributed by atoms with Crippen LogP contribution in [0.5, 0.6) is 11.5 Å². The molecule has 0 spiro atoms. The number of rotatable bonds is 5. The van der Waals surface area contributed by atoms with Crippen LogP contribution < -0.4 is 9.47 Å². The molecule has 1 heterocycles. The molecule has 0 amide bonds. The van der Waals surface area contributed by atoms with Crippen LogP contribution in [0.15, 0.2) is 35.0 Å². The third-order valence-electron chi connectivity index (χ3n) is 2.21. The Morgan fingerprint density at radius 3 is 2.94 bits per heavy atom. The fourth-order valence-electron chi connectivity index (χ4n) is 1.40. The molecular formula is C12H11NO4. The minimum absolute atomic E-state index is 0.196. The van der Waals surface area contributed by atoms with E-state index in [0.29, 0.717) is 22.8 Å². The highest BCUT2D eigenvalue weighted by Gasteiger charge is 2.10. The second-order valence-electron chi connectivity index (χ2n) is 3.26. The van der Waals surface area contributed by atoms with Gasteiger partial charge in [0.25, 0.3) is 0 Å². The van der Waals surface area contributed by atoms with E-state index in [9.17, 15) is 4.79 Å². The number of benzene rings is 1. The van der Waals surface area contributed by atoms with Crippen molar-refractivity contribution in [2.45, 2.75) is 6.61 Å². The zero-order chi connectivity index (χ0) is 12.1. The number of para-hydroxylation sites is 1. The van der Waals surface area contributed by atoms with Gasteiger partial charge in [0.2, 0.25) is 0 Å². The molecule has 0 radical (unpaired) electrons. The quantitative estimate of drug-likeness (QED) is 0.740. The van der Waals surface area contributed by atoms with Gasteiger partial charge in [-0.3, -0.25) is 4.79 Å². The average molecular weight is 233 g/mol. The van der Waals surface area contributed by atoms with Gasteiger partial charge in [0, 0.05) is 6.07 Å². The lowest BCUT2D eigenvalue weighted by atomic mass is 10.2. The van der Waals surface area contributed by atoms with Crippen LogP contribution in [0.3, 0.4) is 0 Å². The summed E-state index contributed by atoms with van der Waals surface area (Å²) in [7, 11) is 1.52. The first-order chi connectivity index (χ1) is 8.35. The van der Waals surface area contributed by atoms with Crippen LogP contribution in [-0.4, -0.2) is 18.6 Å². The van der Waals surface area contributed by atoms with Crippen molar-refractivity contribution in [3.05, 3.63) is 41.8 Å². The van der Waals surface area contributed by atoms with Gasteiger partial charge in [-0.25, -0.2) is 0 Å². The van der Waals surface area contributed by atoms with Gasteiger partial charge in [-0.2, -0.15) is 0 Å². The number of hydrogen-bond acceptors (Lipinski definition) is 5. The molecule has 5 nitrogen and oxygen atoms in total. The van der Waals surface area contributed by atoms with Crippen LogP contribution in [0.25, 0.3) is 0 Å². The summed E-state index contributed by atoms with van der Waals surface area (Å²) in [5.74, 6) is 1.49. The Morgan fingerprint density at radius 1 is 1.41 bits per heavy atom. The van der Waals surface area contributed by atoms with Gasteiger partial charge in [-0.05, 0) is 12.1 Å².